The van der Waals surface area contributed by atoms with Gasteiger partial charge in [0.25, 0.3) is 0 Å². The topological polar surface area (TPSA) is 27.1 Å². The van der Waals surface area contributed by atoms with Gasteiger partial charge >= 0.3 is 0 Å². The van der Waals surface area contributed by atoms with Crippen molar-refractivity contribution in [3.8, 4) is 5.88 Å². The van der Waals surface area contributed by atoms with Crippen LogP contribution in [0.4, 0.5) is 4.39 Å². The van der Waals surface area contributed by atoms with Gasteiger partial charge in [-0.05, 0) is 0 Å². The van der Waals surface area contributed by atoms with E-state index in [-0.39, 0.29) is 5.88 Å². The van der Waals surface area contributed by atoms with E-state index in [0.717, 1.165) is 6.20 Å². The quantitative estimate of drug-likeness (QED) is 0.555. The predicted molar refractivity (Wildman–Crippen MR) is 29.7 cm³/mol. The highest BCUT2D eigenvalue weighted by atomic mass is 19.1. The standard InChI is InChI=1S/C5H7FN2O/c1-8-5(9-2)4(6)3-7-8/h3H,1-2H3. The Hall–Kier alpha value is -1.06. The van der Waals surface area contributed by atoms with Crippen LogP contribution in [-0.2, 0) is 7.05 Å². The summed E-state index contributed by atoms with van der Waals surface area (Å²) in [4.78, 5) is 0. The third-order valence-electron chi connectivity index (χ3n) is 1.04. The second-order valence-corrected chi connectivity index (χ2v) is 1.63. The predicted octanol–water partition coefficient (Wildman–Crippen LogP) is 0.568. The summed E-state index contributed by atoms with van der Waals surface area (Å²) in [6.07, 6.45) is 1.11. The van der Waals surface area contributed by atoms with E-state index in [4.69, 9.17) is 0 Å². The van der Waals surface area contributed by atoms with Crippen LogP contribution in [0.25, 0.3) is 0 Å². The van der Waals surface area contributed by atoms with Gasteiger partial charge in [0.15, 0.2) is 0 Å². The highest BCUT2D eigenvalue weighted by molar-refractivity contribution is 5.09. The van der Waals surface area contributed by atoms with Crippen molar-refractivity contribution in [1.29, 1.82) is 0 Å². The zero-order chi connectivity index (χ0) is 6.85. The number of ether oxygens (including phenoxy) is 1. The van der Waals surface area contributed by atoms with Crippen LogP contribution in [-0.4, -0.2) is 16.9 Å². The van der Waals surface area contributed by atoms with Gasteiger partial charge < -0.3 is 4.74 Å². The largest absolute Gasteiger partial charge is 0.479 e. The number of aromatic nitrogens is 2. The number of rotatable bonds is 1. The molecular weight excluding hydrogens is 123 g/mol. The number of nitrogens with zero attached hydrogens (tertiary/aromatic N) is 2. The molecule has 0 spiro atoms. The smallest absolute Gasteiger partial charge is 0.248 e. The van der Waals surface area contributed by atoms with Crippen LogP contribution in [0.1, 0.15) is 0 Å². The van der Waals surface area contributed by atoms with Crippen molar-refractivity contribution in [2.45, 2.75) is 0 Å². The Morgan fingerprint density at radius 2 is 2.44 bits per heavy atom. The normalized spacial score (nSPS) is 9.67. The zero-order valence-corrected chi connectivity index (χ0v) is 5.26. The molecule has 1 aromatic rings. The number of halogens is 1. The summed E-state index contributed by atoms with van der Waals surface area (Å²) in [7, 11) is 3.02. The molecule has 50 valence electrons. The molecule has 1 heterocycles. The summed E-state index contributed by atoms with van der Waals surface area (Å²) in [5.74, 6) is -0.269. The van der Waals surface area contributed by atoms with E-state index in [1.807, 2.05) is 0 Å². The van der Waals surface area contributed by atoms with E-state index in [9.17, 15) is 4.39 Å². The monoisotopic (exact) mass is 130 g/mol. The van der Waals surface area contributed by atoms with Gasteiger partial charge in [-0.3, -0.25) is 0 Å². The Morgan fingerprint density at radius 1 is 1.78 bits per heavy atom. The fraction of sp³-hybridized carbons (Fsp3) is 0.400. The summed E-state index contributed by atoms with van der Waals surface area (Å²) in [6, 6.07) is 0. The number of hydrogen-bond acceptors (Lipinski definition) is 2. The van der Waals surface area contributed by atoms with Crippen LogP contribution in [0.2, 0.25) is 0 Å². The van der Waals surface area contributed by atoms with Crippen LogP contribution in [0.3, 0.4) is 0 Å². The van der Waals surface area contributed by atoms with Gasteiger partial charge in [-0.25, -0.2) is 4.68 Å². The van der Waals surface area contributed by atoms with E-state index >= 15 is 0 Å². The molecule has 0 N–H and O–H groups in total. The molecule has 9 heavy (non-hydrogen) atoms. The van der Waals surface area contributed by atoms with Crippen LogP contribution >= 0.6 is 0 Å². The SMILES string of the molecule is COc1c(F)cnn1C. The van der Waals surface area contributed by atoms with Crippen LogP contribution in [0.5, 0.6) is 5.88 Å². The number of hydrogen-bond donors (Lipinski definition) is 0. The average Bonchev–Trinajstić information content (AvgIpc) is 2.12. The van der Waals surface area contributed by atoms with E-state index < -0.39 is 5.82 Å². The van der Waals surface area contributed by atoms with Gasteiger partial charge in [-0.1, -0.05) is 0 Å². The summed E-state index contributed by atoms with van der Waals surface area (Å²) in [5.41, 5.74) is 0. The number of methoxy groups -OCH3 is 1. The molecule has 4 heteroatoms. The molecule has 3 nitrogen and oxygen atoms in total. The van der Waals surface area contributed by atoms with Crippen LogP contribution < -0.4 is 4.74 Å². The Balaban J connectivity index is 3.07. The zero-order valence-electron chi connectivity index (χ0n) is 5.26. The lowest BCUT2D eigenvalue weighted by Gasteiger charge is -1.96. The highest BCUT2D eigenvalue weighted by Gasteiger charge is 2.05. The summed E-state index contributed by atoms with van der Waals surface area (Å²) in [5, 5.41) is 3.60. The maximum Gasteiger partial charge on any atom is 0.248 e. The van der Waals surface area contributed by atoms with Gasteiger partial charge in [0.2, 0.25) is 11.7 Å². The molecule has 0 aliphatic heterocycles. The maximum atomic E-state index is 12.4. The fourth-order valence-electron chi connectivity index (χ4n) is 0.629. The first kappa shape index (κ1) is 6.07. The minimum Gasteiger partial charge on any atom is -0.479 e. The molecular formula is C5H7FN2O. The second-order valence-electron chi connectivity index (χ2n) is 1.63. The minimum absolute atomic E-state index is 0.162. The molecule has 0 fully saturated rings. The molecule has 1 rings (SSSR count). The van der Waals surface area contributed by atoms with Crippen molar-refractivity contribution in [2.75, 3.05) is 7.11 Å². The first-order valence-electron chi connectivity index (χ1n) is 2.47. The van der Waals surface area contributed by atoms with Gasteiger partial charge in [0, 0.05) is 7.05 Å². The third-order valence-corrected chi connectivity index (χ3v) is 1.04. The molecule has 0 unspecified atom stereocenters. The van der Waals surface area contributed by atoms with Gasteiger partial charge in [-0.15, -0.1) is 0 Å². The Labute approximate surface area is 52.0 Å². The molecule has 0 saturated carbocycles. The first-order valence-corrected chi connectivity index (χ1v) is 2.47. The molecule has 0 aromatic carbocycles. The van der Waals surface area contributed by atoms with Gasteiger partial charge in [-0.2, -0.15) is 9.49 Å². The van der Waals surface area contributed by atoms with Crippen molar-refractivity contribution in [1.82, 2.24) is 9.78 Å². The van der Waals surface area contributed by atoms with Crippen molar-refractivity contribution >= 4 is 0 Å². The average molecular weight is 130 g/mol. The van der Waals surface area contributed by atoms with Crippen molar-refractivity contribution in [3.63, 3.8) is 0 Å². The lowest BCUT2D eigenvalue weighted by molar-refractivity contribution is 0.351. The summed E-state index contributed by atoms with van der Waals surface area (Å²) < 4.78 is 18.4. The lowest BCUT2D eigenvalue weighted by atomic mass is 10.6. The Bertz CT molecular complexity index is 189. The van der Waals surface area contributed by atoms with Gasteiger partial charge in [0.1, 0.15) is 0 Å². The second kappa shape index (κ2) is 2.05. The molecule has 1 aromatic heterocycles. The molecule has 0 radical (unpaired) electrons. The lowest BCUT2D eigenvalue weighted by Crippen LogP contribution is -1.95. The summed E-state index contributed by atoms with van der Waals surface area (Å²) >= 11 is 0. The molecule has 0 saturated heterocycles. The van der Waals surface area contributed by atoms with Crippen LogP contribution in [0.15, 0.2) is 6.20 Å². The molecule has 0 bridgehead atoms. The highest BCUT2D eigenvalue weighted by Crippen LogP contribution is 2.12. The van der Waals surface area contributed by atoms with E-state index in [0.29, 0.717) is 0 Å². The third kappa shape index (κ3) is 0.872. The van der Waals surface area contributed by atoms with E-state index in [1.54, 1.807) is 7.05 Å². The van der Waals surface area contributed by atoms with Gasteiger partial charge in [0.05, 0.1) is 13.3 Å². The minimum atomic E-state index is -0.431. The molecule has 0 aliphatic rings. The maximum absolute atomic E-state index is 12.4. The van der Waals surface area contributed by atoms with Crippen molar-refractivity contribution in [2.24, 2.45) is 7.05 Å². The van der Waals surface area contributed by atoms with E-state index in [1.165, 1.54) is 11.8 Å². The number of aryl methyl sites for hydroxylation is 1. The molecule has 0 amide bonds. The fourth-order valence-corrected chi connectivity index (χ4v) is 0.629. The van der Waals surface area contributed by atoms with Crippen molar-refractivity contribution < 1.29 is 9.13 Å². The Morgan fingerprint density at radius 3 is 2.67 bits per heavy atom. The Kier molecular flexibility index (Phi) is 1.38. The van der Waals surface area contributed by atoms with Crippen LogP contribution in [0, 0.1) is 5.82 Å². The summed E-state index contributed by atoms with van der Waals surface area (Å²) in [6.45, 7) is 0. The van der Waals surface area contributed by atoms with Crippen molar-refractivity contribution in [3.05, 3.63) is 12.0 Å². The van der Waals surface area contributed by atoms with E-state index in [2.05, 4.69) is 9.84 Å². The molecule has 0 aliphatic carbocycles. The molecule has 0 atom stereocenters. The first-order chi connectivity index (χ1) is 4.25.